The van der Waals surface area contributed by atoms with E-state index < -0.39 is 0 Å². The maximum atomic E-state index is 12.4. The fourth-order valence-electron chi connectivity index (χ4n) is 2.74. The highest BCUT2D eigenvalue weighted by molar-refractivity contribution is 5.80. The number of nitrogens with zero attached hydrogens (tertiary/aromatic N) is 5. The first-order chi connectivity index (χ1) is 10.6. The third-order valence-electron chi connectivity index (χ3n) is 4.00. The molecular weight excluding hydrogens is 278 g/mol. The van der Waals surface area contributed by atoms with Gasteiger partial charge in [-0.05, 0) is 32.1 Å². The molecule has 3 rings (SSSR count). The molecule has 0 N–H and O–H groups in total. The predicted molar refractivity (Wildman–Crippen MR) is 87.0 cm³/mol. The first kappa shape index (κ1) is 14.7. The number of fused-ring (bicyclic) bond motifs is 3. The molecule has 116 valence electrons. The van der Waals surface area contributed by atoms with Crippen molar-refractivity contribution < 1.29 is 0 Å². The van der Waals surface area contributed by atoms with Gasteiger partial charge in [-0.2, -0.15) is 0 Å². The number of para-hydroxylation sites is 1. The third-order valence-corrected chi connectivity index (χ3v) is 4.00. The van der Waals surface area contributed by atoms with E-state index in [1.54, 1.807) is 11.6 Å². The van der Waals surface area contributed by atoms with Crippen LogP contribution in [0, 0.1) is 0 Å². The summed E-state index contributed by atoms with van der Waals surface area (Å²) in [6.07, 6.45) is 2.33. The first-order valence-corrected chi connectivity index (χ1v) is 7.63. The molecule has 0 radical (unpaired) electrons. The molecule has 0 atom stereocenters. The Hall–Kier alpha value is -2.21. The molecule has 6 nitrogen and oxygen atoms in total. The van der Waals surface area contributed by atoms with E-state index >= 15 is 0 Å². The lowest BCUT2D eigenvalue weighted by Crippen LogP contribution is -2.23. The second kappa shape index (κ2) is 5.88. The molecular formula is C16H21N5O. The Morgan fingerprint density at radius 3 is 2.77 bits per heavy atom. The van der Waals surface area contributed by atoms with Crippen molar-refractivity contribution in [1.82, 2.24) is 24.1 Å². The molecule has 2 heterocycles. The van der Waals surface area contributed by atoms with Crippen molar-refractivity contribution in [3.05, 3.63) is 40.4 Å². The van der Waals surface area contributed by atoms with Crippen LogP contribution in [-0.4, -0.2) is 37.7 Å². The van der Waals surface area contributed by atoms with Crippen LogP contribution in [0.5, 0.6) is 0 Å². The molecule has 0 bridgehead atoms. The van der Waals surface area contributed by atoms with Crippen LogP contribution in [-0.2, 0) is 13.6 Å². The van der Waals surface area contributed by atoms with Gasteiger partial charge in [0, 0.05) is 7.05 Å². The maximum Gasteiger partial charge on any atom is 0.262 e. The molecule has 0 amide bonds. The summed E-state index contributed by atoms with van der Waals surface area (Å²) < 4.78 is 3.55. The molecule has 0 unspecified atom stereocenters. The molecule has 3 aromatic rings. The summed E-state index contributed by atoms with van der Waals surface area (Å²) >= 11 is 0. The van der Waals surface area contributed by atoms with Crippen molar-refractivity contribution in [1.29, 1.82) is 0 Å². The van der Waals surface area contributed by atoms with Gasteiger partial charge < -0.3 is 0 Å². The van der Waals surface area contributed by atoms with Crippen LogP contribution in [0.4, 0.5) is 0 Å². The van der Waals surface area contributed by atoms with Crippen LogP contribution < -0.4 is 5.56 Å². The molecule has 0 spiro atoms. The highest BCUT2D eigenvalue weighted by Crippen LogP contribution is 2.14. The largest absolute Gasteiger partial charge is 0.299 e. The van der Waals surface area contributed by atoms with Gasteiger partial charge in [0.25, 0.3) is 5.56 Å². The van der Waals surface area contributed by atoms with Crippen LogP contribution in [0.25, 0.3) is 16.7 Å². The van der Waals surface area contributed by atoms with Crippen LogP contribution in [0.1, 0.15) is 25.6 Å². The number of rotatable bonds is 5. The number of aromatic nitrogens is 4. The summed E-state index contributed by atoms with van der Waals surface area (Å²) in [5.41, 5.74) is 0.825. The average Bonchev–Trinajstić information content (AvgIpc) is 2.94. The van der Waals surface area contributed by atoms with Gasteiger partial charge in [-0.3, -0.25) is 18.7 Å². The lowest BCUT2D eigenvalue weighted by atomic mass is 10.2. The standard InChI is InChI=1S/C16H21N5O/c1-4-5-10-19(2)11-14-17-18-16-20(3)15(22)12-8-6-7-9-13(12)21(14)16/h6-9H,4-5,10-11H2,1-3H3. The summed E-state index contributed by atoms with van der Waals surface area (Å²) in [6, 6.07) is 7.61. The van der Waals surface area contributed by atoms with E-state index in [4.69, 9.17) is 0 Å². The summed E-state index contributed by atoms with van der Waals surface area (Å²) in [5.74, 6) is 1.45. The Labute approximate surface area is 129 Å². The molecule has 0 aliphatic heterocycles. The molecule has 22 heavy (non-hydrogen) atoms. The maximum absolute atomic E-state index is 12.4. The minimum Gasteiger partial charge on any atom is -0.299 e. The lowest BCUT2D eigenvalue weighted by Gasteiger charge is -2.15. The number of aryl methyl sites for hydroxylation is 1. The zero-order valence-electron chi connectivity index (χ0n) is 13.3. The van der Waals surface area contributed by atoms with Crippen molar-refractivity contribution in [3.8, 4) is 0 Å². The quantitative estimate of drug-likeness (QED) is 0.721. The number of benzene rings is 1. The van der Waals surface area contributed by atoms with E-state index in [2.05, 4.69) is 29.1 Å². The number of unbranched alkanes of at least 4 members (excludes halogenated alkanes) is 1. The van der Waals surface area contributed by atoms with Gasteiger partial charge in [0.1, 0.15) is 0 Å². The minimum absolute atomic E-state index is 0.0404. The zero-order valence-corrected chi connectivity index (χ0v) is 13.3. The smallest absolute Gasteiger partial charge is 0.262 e. The molecule has 2 aromatic heterocycles. The second-order valence-electron chi connectivity index (χ2n) is 5.72. The first-order valence-electron chi connectivity index (χ1n) is 7.63. The van der Waals surface area contributed by atoms with Crippen molar-refractivity contribution in [3.63, 3.8) is 0 Å². The van der Waals surface area contributed by atoms with Gasteiger partial charge in [0.15, 0.2) is 5.82 Å². The van der Waals surface area contributed by atoms with Gasteiger partial charge in [0.05, 0.1) is 17.4 Å². The second-order valence-corrected chi connectivity index (χ2v) is 5.72. The highest BCUT2D eigenvalue weighted by Gasteiger charge is 2.15. The Balaban J connectivity index is 2.15. The fraction of sp³-hybridized carbons (Fsp3) is 0.438. The van der Waals surface area contributed by atoms with Gasteiger partial charge in [-0.25, -0.2) is 0 Å². The number of hydrogen-bond acceptors (Lipinski definition) is 4. The van der Waals surface area contributed by atoms with Crippen LogP contribution in [0.3, 0.4) is 0 Å². The molecule has 0 aliphatic carbocycles. The van der Waals surface area contributed by atoms with Crippen molar-refractivity contribution in [2.24, 2.45) is 7.05 Å². The van der Waals surface area contributed by atoms with E-state index in [-0.39, 0.29) is 5.56 Å². The van der Waals surface area contributed by atoms with E-state index in [0.717, 1.165) is 24.3 Å². The van der Waals surface area contributed by atoms with Crippen molar-refractivity contribution in [2.75, 3.05) is 13.6 Å². The van der Waals surface area contributed by atoms with Gasteiger partial charge >= 0.3 is 0 Å². The molecule has 0 aliphatic rings. The predicted octanol–water partition coefficient (Wildman–Crippen LogP) is 1.81. The Morgan fingerprint density at radius 2 is 2.00 bits per heavy atom. The Bertz CT molecular complexity index is 864. The topological polar surface area (TPSA) is 55.4 Å². The normalized spacial score (nSPS) is 11.8. The highest BCUT2D eigenvalue weighted by atomic mass is 16.1. The van der Waals surface area contributed by atoms with E-state index in [1.807, 2.05) is 28.7 Å². The molecule has 0 saturated carbocycles. The minimum atomic E-state index is -0.0404. The number of hydrogen-bond donors (Lipinski definition) is 0. The summed E-state index contributed by atoms with van der Waals surface area (Å²) in [7, 11) is 3.82. The van der Waals surface area contributed by atoms with E-state index in [1.165, 1.54) is 6.42 Å². The molecule has 1 aromatic carbocycles. The third kappa shape index (κ3) is 2.39. The lowest BCUT2D eigenvalue weighted by molar-refractivity contribution is 0.312. The SMILES string of the molecule is CCCCN(C)Cc1nnc2n(C)c(=O)c3ccccc3n12. The van der Waals surface area contributed by atoms with Crippen LogP contribution >= 0.6 is 0 Å². The molecule has 6 heteroatoms. The van der Waals surface area contributed by atoms with Crippen LogP contribution in [0.15, 0.2) is 29.1 Å². The van der Waals surface area contributed by atoms with Gasteiger partial charge in [-0.1, -0.05) is 25.5 Å². The molecule has 0 saturated heterocycles. The molecule has 0 fully saturated rings. The van der Waals surface area contributed by atoms with Crippen molar-refractivity contribution in [2.45, 2.75) is 26.3 Å². The zero-order chi connectivity index (χ0) is 15.7. The fourth-order valence-corrected chi connectivity index (χ4v) is 2.74. The van der Waals surface area contributed by atoms with Gasteiger partial charge in [0.2, 0.25) is 5.78 Å². The average molecular weight is 299 g/mol. The summed E-state index contributed by atoms with van der Waals surface area (Å²) in [5, 5.41) is 9.21. The van der Waals surface area contributed by atoms with E-state index in [0.29, 0.717) is 17.7 Å². The van der Waals surface area contributed by atoms with E-state index in [9.17, 15) is 4.79 Å². The monoisotopic (exact) mass is 299 g/mol. The Kier molecular flexibility index (Phi) is 3.94. The van der Waals surface area contributed by atoms with Crippen LogP contribution in [0.2, 0.25) is 0 Å². The summed E-state index contributed by atoms with van der Waals surface area (Å²) in [6.45, 7) is 3.92. The summed E-state index contributed by atoms with van der Waals surface area (Å²) in [4.78, 5) is 14.6. The van der Waals surface area contributed by atoms with Crippen molar-refractivity contribution >= 4 is 16.7 Å². The Morgan fingerprint density at radius 1 is 1.23 bits per heavy atom. The van der Waals surface area contributed by atoms with Gasteiger partial charge in [-0.15, -0.1) is 10.2 Å².